The molecule has 0 bridgehead atoms. The number of benzene rings is 3. The van der Waals surface area contributed by atoms with Gasteiger partial charge in [-0.15, -0.1) is 0 Å². The van der Waals surface area contributed by atoms with Gasteiger partial charge in [0.1, 0.15) is 11.6 Å². The van der Waals surface area contributed by atoms with Crippen molar-refractivity contribution in [1.29, 1.82) is 0 Å². The first-order valence-electron chi connectivity index (χ1n) is 11.7. The maximum Gasteiger partial charge on any atom is 0.266 e. The molecule has 1 aromatic heterocycles. The van der Waals surface area contributed by atoms with E-state index in [0.717, 1.165) is 4.47 Å². The van der Waals surface area contributed by atoms with Crippen LogP contribution in [0.5, 0.6) is 5.75 Å². The number of hydrogen-bond acceptors (Lipinski definition) is 5. The molecular formula is C28H28BrN3O4. The van der Waals surface area contributed by atoms with Gasteiger partial charge in [0.15, 0.2) is 0 Å². The van der Waals surface area contributed by atoms with Crippen LogP contribution in [-0.2, 0) is 4.74 Å². The van der Waals surface area contributed by atoms with Gasteiger partial charge in [-0.25, -0.2) is 4.98 Å². The minimum absolute atomic E-state index is 0.144. The quantitative estimate of drug-likeness (QED) is 0.261. The van der Waals surface area contributed by atoms with Crippen LogP contribution in [-0.4, -0.2) is 47.7 Å². The van der Waals surface area contributed by atoms with Crippen LogP contribution in [0.2, 0.25) is 0 Å². The molecule has 4 aromatic rings. The SMILES string of the molecule is COCCCN(C(=O)c1ccc(Br)cc1)C(C)c1nc2ccccc2c(=O)n1-c1ccc(OC)cc1. The highest BCUT2D eigenvalue weighted by Gasteiger charge is 2.27. The number of nitrogens with zero attached hydrogens (tertiary/aromatic N) is 3. The molecule has 1 unspecified atom stereocenters. The van der Waals surface area contributed by atoms with Crippen molar-refractivity contribution in [2.45, 2.75) is 19.4 Å². The van der Waals surface area contributed by atoms with Gasteiger partial charge in [-0.3, -0.25) is 14.2 Å². The van der Waals surface area contributed by atoms with Gasteiger partial charge in [0.05, 0.1) is 29.7 Å². The van der Waals surface area contributed by atoms with E-state index in [2.05, 4.69) is 15.9 Å². The van der Waals surface area contributed by atoms with Crippen LogP contribution in [0, 0.1) is 0 Å². The molecule has 0 saturated heterocycles. The summed E-state index contributed by atoms with van der Waals surface area (Å²) in [6, 6.07) is 21.2. The number of fused-ring (bicyclic) bond motifs is 1. The summed E-state index contributed by atoms with van der Waals surface area (Å²) in [5.41, 5.74) is 1.60. The Morgan fingerprint density at radius 3 is 2.39 bits per heavy atom. The third-order valence-electron chi connectivity index (χ3n) is 6.07. The van der Waals surface area contributed by atoms with E-state index < -0.39 is 6.04 Å². The molecule has 4 rings (SSSR count). The second-order valence-electron chi connectivity index (χ2n) is 8.35. The zero-order chi connectivity index (χ0) is 25.7. The first-order chi connectivity index (χ1) is 17.4. The molecule has 1 atom stereocenters. The molecule has 8 heteroatoms. The number of halogens is 1. The zero-order valence-electron chi connectivity index (χ0n) is 20.5. The Bertz CT molecular complexity index is 1400. The van der Waals surface area contributed by atoms with E-state index in [1.54, 1.807) is 54.0 Å². The van der Waals surface area contributed by atoms with Gasteiger partial charge in [-0.2, -0.15) is 0 Å². The molecule has 0 saturated carbocycles. The van der Waals surface area contributed by atoms with E-state index in [4.69, 9.17) is 14.5 Å². The van der Waals surface area contributed by atoms with Gasteiger partial charge in [0.25, 0.3) is 11.5 Å². The normalized spacial score (nSPS) is 11.9. The van der Waals surface area contributed by atoms with Crippen LogP contribution in [0.15, 0.2) is 82.1 Å². The standard InChI is InChI=1S/C28H28BrN3O4/c1-19(31(17-6-18-35-2)27(33)20-9-11-21(29)12-10-20)26-30-25-8-5-4-7-24(25)28(34)32(26)22-13-15-23(36-3)16-14-22/h4-5,7-16,19H,6,17-18H2,1-3H3. The number of carbonyl (C=O) groups is 1. The highest BCUT2D eigenvalue weighted by atomic mass is 79.9. The Morgan fingerprint density at radius 2 is 1.72 bits per heavy atom. The van der Waals surface area contributed by atoms with Crippen molar-refractivity contribution >= 4 is 32.7 Å². The summed E-state index contributed by atoms with van der Waals surface area (Å²) in [6.07, 6.45) is 0.642. The maximum atomic E-state index is 13.7. The lowest BCUT2D eigenvalue weighted by atomic mass is 10.1. The number of rotatable bonds is 9. The molecule has 0 spiro atoms. The molecule has 0 N–H and O–H groups in total. The molecule has 1 amide bonds. The summed E-state index contributed by atoms with van der Waals surface area (Å²) in [6.45, 7) is 2.85. The first kappa shape index (κ1) is 25.6. The number of carbonyl (C=O) groups excluding carboxylic acids is 1. The van der Waals surface area contributed by atoms with Crippen LogP contribution in [0.3, 0.4) is 0 Å². The lowest BCUT2D eigenvalue weighted by Gasteiger charge is -2.31. The molecule has 1 heterocycles. The lowest BCUT2D eigenvalue weighted by molar-refractivity contribution is 0.0657. The first-order valence-corrected chi connectivity index (χ1v) is 12.5. The minimum atomic E-state index is -0.502. The molecule has 0 radical (unpaired) electrons. The van der Waals surface area contributed by atoms with Gasteiger partial charge in [0.2, 0.25) is 0 Å². The molecule has 0 aliphatic heterocycles. The number of aromatic nitrogens is 2. The Hall–Kier alpha value is -3.49. The Labute approximate surface area is 218 Å². The summed E-state index contributed by atoms with van der Waals surface area (Å²) in [5, 5.41) is 0.509. The molecule has 186 valence electrons. The largest absolute Gasteiger partial charge is 0.497 e. The predicted molar refractivity (Wildman–Crippen MR) is 144 cm³/mol. The summed E-state index contributed by atoms with van der Waals surface area (Å²) >= 11 is 3.43. The number of para-hydroxylation sites is 1. The van der Waals surface area contributed by atoms with E-state index in [1.807, 2.05) is 49.4 Å². The molecule has 0 aliphatic carbocycles. The summed E-state index contributed by atoms with van der Waals surface area (Å²) in [5.74, 6) is 1.02. The third kappa shape index (κ3) is 5.34. The van der Waals surface area contributed by atoms with Gasteiger partial charge < -0.3 is 14.4 Å². The van der Waals surface area contributed by atoms with E-state index in [0.29, 0.717) is 53.3 Å². The second-order valence-corrected chi connectivity index (χ2v) is 9.27. The fourth-order valence-corrected chi connectivity index (χ4v) is 4.42. The maximum absolute atomic E-state index is 13.7. The Morgan fingerprint density at radius 1 is 1.03 bits per heavy atom. The van der Waals surface area contributed by atoms with Crippen LogP contribution >= 0.6 is 15.9 Å². The molecule has 36 heavy (non-hydrogen) atoms. The number of amides is 1. The van der Waals surface area contributed by atoms with Crippen LogP contribution in [0.4, 0.5) is 0 Å². The van der Waals surface area contributed by atoms with E-state index >= 15 is 0 Å². The lowest BCUT2D eigenvalue weighted by Crippen LogP contribution is -2.38. The van der Waals surface area contributed by atoms with E-state index in [-0.39, 0.29) is 11.5 Å². The van der Waals surface area contributed by atoms with Crippen molar-refractivity contribution in [3.8, 4) is 11.4 Å². The number of ether oxygens (including phenoxy) is 2. The zero-order valence-corrected chi connectivity index (χ0v) is 22.1. The smallest absolute Gasteiger partial charge is 0.266 e. The highest BCUT2D eigenvalue weighted by Crippen LogP contribution is 2.26. The summed E-state index contributed by atoms with van der Waals surface area (Å²) in [7, 11) is 3.23. The average molecular weight is 550 g/mol. The van der Waals surface area contributed by atoms with Crippen molar-refractivity contribution in [2.75, 3.05) is 27.4 Å². The van der Waals surface area contributed by atoms with Crippen molar-refractivity contribution in [3.05, 3.63) is 99.0 Å². The van der Waals surface area contributed by atoms with Gasteiger partial charge in [-0.1, -0.05) is 28.1 Å². The fourth-order valence-electron chi connectivity index (χ4n) is 4.16. The van der Waals surface area contributed by atoms with Crippen molar-refractivity contribution in [1.82, 2.24) is 14.5 Å². The molecule has 0 aliphatic rings. The van der Waals surface area contributed by atoms with Crippen molar-refractivity contribution in [3.63, 3.8) is 0 Å². The number of hydrogen-bond donors (Lipinski definition) is 0. The van der Waals surface area contributed by atoms with Crippen molar-refractivity contribution < 1.29 is 14.3 Å². The number of methoxy groups -OCH3 is 2. The molecular weight excluding hydrogens is 522 g/mol. The predicted octanol–water partition coefficient (Wildman–Crippen LogP) is 5.40. The van der Waals surface area contributed by atoms with Crippen LogP contribution in [0.1, 0.15) is 35.6 Å². The van der Waals surface area contributed by atoms with Crippen LogP contribution < -0.4 is 10.3 Å². The van der Waals surface area contributed by atoms with Crippen molar-refractivity contribution in [2.24, 2.45) is 0 Å². The Kier molecular flexibility index (Phi) is 8.18. The molecule has 0 fully saturated rings. The second kappa shape index (κ2) is 11.5. The van der Waals surface area contributed by atoms with Gasteiger partial charge >= 0.3 is 0 Å². The minimum Gasteiger partial charge on any atom is -0.497 e. The molecule has 3 aromatic carbocycles. The summed E-state index contributed by atoms with van der Waals surface area (Å²) < 4.78 is 13.0. The monoisotopic (exact) mass is 549 g/mol. The topological polar surface area (TPSA) is 73.7 Å². The van der Waals surface area contributed by atoms with E-state index in [9.17, 15) is 9.59 Å². The third-order valence-corrected chi connectivity index (χ3v) is 6.60. The van der Waals surface area contributed by atoms with Gasteiger partial charge in [0, 0.05) is 30.3 Å². The molecule has 7 nitrogen and oxygen atoms in total. The average Bonchev–Trinajstić information content (AvgIpc) is 2.91. The van der Waals surface area contributed by atoms with E-state index in [1.165, 1.54) is 0 Å². The fraction of sp³-hybridized carbons (Fsp3) is 0.250. The van der Waals surface area contributed by atoms with Crippen LogP contribution in [0.25, 0.3) is 16.6 Å². The summed E-state index contributed by atoms with van der Waals surface area (Å²) in [4.78, 5) is 34.1. The van der Waals surface area contributed by atoms with Gasteiger partial charge in [-0.05, 0) is 74.0 Å². The highest BCUT2D eigenvalue weighted by molar-refractivity contribution is 9.10. The Balaban J connectivity index is 1.86.